The lowest BCUT2D eigenvalue weighted by molar-refractivity contribution is -0.380. The van der Waals surface area contributed by atoms with Crippen LogP contribution in [0.25, 0.3) is 0 Å². The summed E-state index contributed by atoms with van der Waals surface area (Å²) in [6.45, 7) is 13.1. The van der Waals surface area contributed by atoms with Gasteiger partial charge in [-0.1, -0.05) is 65.3 Å². The average molecular weight is 1270 g/mol. The third kappa shape index (κ3) is 12.9. The van der Waals surface area contributed by atoms with E-state index in [1.807, 2.05) is 0 Å². The zero-order valence-electron chi connectivity index (χ0n) is 51.2. The first-order chi connectivity index (χ1) is 41.2. The van der Waals surface area contributed by atoms with E-state index in [0.29, 0.717) is 12.8 Å². The van der Waals surface area contributed by atoms with E-state index in [-0.39, 0.29) is 46.3 Å². The molecule has 0 aromatic rings. The van der Waals surface area contributed by atoms with Crippen LogP contribution in [0.1, 0.15) is 100 Å². The lowest BCUT2D eigenvalue weighted by Crippen LogP contribution is -2.65. The maximum Gasteiger partial charge on any atom is 0.187 e. The summed E-state index contributed by atoms with van der Waals surface area (Å²) in [5.74, 6) is 0.517. The third-order valence-electron chi connectivity index (χ3n) is 22.2. The van der Waals surface area contributed by atoms with Gasteiger partial charge in [0.05, 0.1) is 50.8 Å². The molecule has 9 aliphatic rings. The van der Waals surface area contributed by atoms with Gasteiger partial charge >= 0.3 is 0 Å². The minimum atomic E-state index is -1.94. The van der Waals surface area contributed by atoms with Crippen LogP contribution in [0.3, 0.4) is 0 Å². The molecular weight excluding hydrogens is 1170 g/mol. The second-order valence-corrected chi connectivity index (χ2v) is 28.2. The van der Waals surface area contributed by atoms with Crippen LogP contribution in [0.5, 0.6) is 0 Å². The first kappa shape index (κ1) is 70.7. The largest absolute Gasteiger partial charge is 0.394 e. The van der Waals surface area contributed by atoms with Gasteiger partial charge in [-0.3, -0.25) is 0 Å². The summed E-state index contributed by atoms with van der Waals surface area (Å²) in [5.41, 5.74) is -1.76. The molecule has 18 N–H and O–H groups in total. The molecule has 9 rings (SSSR count). The molecule has 0 spiro atoms. The Bertz CT molecular complexity index is 2360. The minimum Gasteiger partial charge on any atom is -0.394 e. The quantitative estimate of drug-likeness (QED) is 0.0510. The SMILES string of the molecule is C[C@H](CC[C@@H](O[C@@H]1O[C@H](CO[C@@H]2O[C@H](CO)[C@@H](O)[C@H](O)[C@H]2O)[C@@H](O)[C@H](O)[C@H]1OC1O[C@@H](CO)[C@H](O)[C@@H](O)[C@@H]1O)C(C)(C)O)C1CC[C@@]2(C)C3CC=C4C(CC[C@H](O[C@@H]5O[C@H](CO[C@@H]6O[C@H](CO)[C@@H](O)[C@H](O)[C@H]6O)[C@@H](O)[C@H](O)[C@H]5O)C4(C)C)[C@]3(C)C=C[C@]12C. The van der Waals surface area contributed by atoms with E-state index in [9.17, 15) is 91.9 Å². The van der Waals surface area contributed by atoms with Crippen molar-refractivity contribution in [3.63, 3.8) is 0 Å². The van der Waals surface area contributed by atoms with E-state index in [2.05, 4.69) is 59.8 Å². The Hall–Kier alpha value is -1.64. The summed E-state index contributed by atoms with van der Waals surface area (Å²) in [5, 5.41) is 192. The molecule has 28 nitrogen and oxygen atoms in total. The van der Waals surface area contributed by atoms with Crippen molar-refractivity contribution < 1.29 is 139 Å². The molecule has 88 heavy (non-hydrogen) atoms. The van der Waals surface area contributed by atoms with Crippen LogP contribution in [0, 0.1) is 45.3 Å². The number of hydrogen-bond acceptors (Lipinski definition) is 28. The van der Waals surface area contributed by atoms with Crippen LogP contribution >= 0.6 is 0 Å². The van der Waals surface area contributed by atoms with Crippen molar-refractivity contribution in [1.82, 2.24) is 0 Å². The van der Waals surface area contributed by atoms with Gasteiger partial charge in [0.25, 0.3) is 0 Å². The van der Waals surface area contributed by atoms with Crippen LogP contribution in [-0.4, -0.2) is 296 Å². The van der Waals surface area contributed by atoms with Gasteiger partial charge in [-0.2, -0.15) is 0 Å². The Morgan fingerprint density at radius 2 is 0.966 bits per heavy atom. The van der Waals surface area contributed by atoms with E-state index in [4.69, 9.17) is 47.4 Å². The Morgan fingerprint density at radius 1 is 0.523 bits per heavy atom. The lowest BCUT2D eigenvalue weighted by Gasteiger charge is -2.63. The van der Waals surface area contributed by atoms with Gasteiger partial charge < -0.3 is 139 Å². The molecule has 4 unspecified atom stereocenters. The van der Waals surface area contributed by atoms with Gasteiger partial charge in [-0.25, -0.2) is 0 Å². The summed E-state index contributed by atoms with van der Waals surface area (Å²) in [6, 6.07) is 0. The van der Waals surface area contributed by atoms with Gasteiger partial charge in [0.2, 0.25) is 0 Å². The first-order valence-electron chi connectivity index (χ1n) is 31.2. The molecule has 4 aliphatic carbocycles. The molecule has 0 bridgehead atoms. The van der Waals surface area contributed by atoms with Crippen LogP contribution in [0.2, 0.25) is 0 Å². The normalized spacial score (nSPS) is 51.2. The van der Waals surface area contributed by atoms with E-state index in [0.717, 1.165) is 25.7 Å². The third-order valence-corrected chi connectivity index (χ3v) is 22.2. The van der Waals surface area contributed by atoms with Gasteiger partial charge in [-0.05, 0) is 98.7 Å². The monoisotopic (exact) mass is 1270 g/mol. The summed E-state index contributed by atoms with van der Waals surface area (Å²) in [7, 11) is 0. The number of fused-ring (bicyclic) bond motifs is 5. The van der Waals surface area contributed by atoms with Gasteiger partial charge in [0.15, 0.2) is 31.5 Å². The topological polar surface area (TPSA) is 456 Å². The summed E-state index contributed by atoms with van der Waals surface area (Å²) >= 11 is 0. The van der Waals surface area contributed by atoms with Crippen molar-refractivity contribution in [1.29, 1.82) is 0 Å². The molecule has 0 aromatic carbocycles. The van der Waals surface area contributed by atoms with Gasteiger partial charge in [-0.15, -0.1) is 0 Å². The van der Waals surface area contributed by atoms with Crippen molar-refractivity contribution in [2.75, 3.05) is 33.0 Å². The van der Waals surface area contributed by atoms with Crippen LogP contribution in [0.15, 0.2) is 23.8 Å². The van der Waals surface area contributed by atoms with Crippen molar-refractivity contribution in [3.05, 3.63) is 23.8 Å². The highest BCUT2D eigenvalue weighted by Crippen LogP contribution is 2.73. The van der Waals surface area contributed by atoms with Crippen LogP contribution < -0.4 is 0 Å². The molecule has 5 heterocycles. The second-order valence-electron chi connectivity index (χ2n) is 28.2. The number of allylic oxidation sites excluding steroid dienone is 3. The molecule has 2 saturated carbocycles. The fourth-order valence-electron chi connectivity index (χ4n) is 16.3. The smallest absolute Gasteiger partial charge is 0.187 e. The minimum absolute atomic E-state index is 0.0342. The maximum atomic E-state index is 11.8. The molecule has 0 amide bonds. The highest BCUT2D eigenvalue weighted by molar-refractivity contribution is 5.35. The zero-order chi connectivity index (χ0) is 64.7. The number of ether oxygens (including phenoxy) is 10. The highest BCUT2D eigenvalue weighted by Gasteiger charge is 2.66. The number of hydrogen-bond donors (Lipinski definition) is 18. The molecule has 0 radical (unpaired) electrons. The lowest BCUT2D eigenvalue weighted by atomic mass is 9.41. The number of rotatable bonds is 20. The zero-order valence-corrected chi connectivity index (χ0v) is 51.2. The second kappa shape index (κ2) is 27.2. The standard InChI is InChI=1S/C60H100O28/c1-24(9-13-35(57(4,5)78)87-55-50(88-54-49(77)43(71)38(66)30(21-63)83-54)45(73)40(68)32(85-55)23-80-52-47(75)42(70)37(65)29(20-62)82-52)25-15-16-60(8)33-12-10-26-27(58(33,6)17-18-59(25,60)7)11-14-34(56(26,2)3)86-53-48(76)44(72)39(67)31(84-53)22-79-51-46(74)41(69)36(64)28(19-61)81-51/h10,17-18,24-25,27-55,61-78H,9,11-16,19-23H2,1-8H3/t24-,25?,27?,28-,29-,30+,31-,32-,33?,34+,35-,36-,37-,38+,39-,40-,41+,42+,43-,44+,45+,46-,47-,48-,49+,50-,51-,52-,53+,54?,55+,58+,59-,60+/m1/s1. The highest BCUT2D eigenvalue weighted by atomic mass is 16.8. The molecular formula is C60H100O28. The molecule has 508 valence electrons. The fraction of sp³-hybridized carbons (Fsp3) is 0.933. The fourth-order valence-corrected chi connectivity index (χ4v) is 16.3. The Kier molecular flexibility index (Phi) is 21.9. The van der Waals surface area contributed by atoms with Crippen molar-refractivity contribution in [2.45, 2.75) is 272 Å². The molecule has 7 fully saturated rings. The Balaban J connectivity index is 0.875. The van der Waals surface area contributed by atoms with E-state index in [1.165, 1.54) is 19.4 Å². The predicted molar refractivity (Wildman–Crippen MR) is 299 cm³/mol. The van der Waals surface area contributed by atoms with E-state index >= 15 is 0 Å². The van der Waals surface area contributed by atoms with Gasteiger partial charge in [0.1, 0.15) is 122 Å². The van der Waals surface area contributed by atoms with E-state index in [1.54, 1.807) is 0 Å². The predicted octanol–water partition coefficient (Wildman–Crippen LogP) is -4.60. The maximum absolute atomic E-state index is 11.8. The van der Waals surface area contributed by atoms with Crippen molar-refractivity contribution >= 4 is 0 Å². The summed E-state index contributed by atoms with van der Waals surface area (Å²) in [4.78, 5) is 0. The van der Waals surface area contributed by atoms with Gasteiger partial charge in [0, 0.05) is 5.41 Å². The summed E-state index contributed by atoms with van der Waals surface area (Å²) in [6.07, 6.45) is -31.2. The molecule has 5 saturated heterocycles. The average Bonchev–Trinajstić information content (AvgIpc) is 1.42. The first-order valence-corrected chi connectivity index (χ1v) is 31.2. The number of aliphatic hydroxyl groups is 18. The molecule has 0 aromatic heterocycles. The molecule has 5 aliphatic heterocycles. The molecule has 34 atom stereocenters. The molecule has 28 heteroatoms. The van der Waals surface area contributed by atoms with Crippen molar-refractivity contribution in [3.8, 4) is 0 Å². The van der Waals surface area contributed by atoms with Crippen LogP contribution in [-0.2, 0) is 47.4 Å². The van der Waals surface area contributed by atoms with Crippen LogP contribution in [0.4, 0.5) is 0 Å². The van der Waals surface area contributed by atoms with Crippen molar-refractivity contribution in [2.24, 2.45) is 45.3 Å². The number of aliphatic hydroxyl groups excluding tert-OH is 17. The summed E-state index contributed by atoms with van der Waals surface area (Å²) < 4.78 is 59.4. The Morgan fingerprint density at radius 3 is 1.47 bits per heavy atom. The Labute approximate surface area is 511 Å². The van der Waals surface area contributed by atoms with E-state index < -0.39 is 210 Å².